The number of fused-ring (bicyclic) bond motifs is 1. The molecule has 2 aliphatic rings. The second-order valence-electron chi connectivity index (χ2n) is 8.37. The Morgan fingerprint density at radius 2 is 1.81 bits per heavy atom. The third-order valence-corrected chi connectivity index (χ3v) is 7.97. The van der Waals surface area contributed by atoms with Crippen LogP contribution in [0.25, 0.3) is 0 Å². The number of carbonyl (C=O) groups is 2. The number of rotatable bonds is 7. The summed E-state index contributed by atoms with van der Waals surface area (Å²) in [5, 5.41) is 2.74. The number of benzene rings is 1. The maximum atomic E-state index is 13.3. The normalized spacial score (nSPS) is 20.0. The standard InChI is InChI=1S/C22H33N3O5S/c1-5-9-24(10-6-2)22(27)17-7-11-25(12-8-17)31(28,29)20-14-19-18(13-15(20)3)23-21(26)16(4)30-19/h13-14,16-17H,5-12H2,1-4H3,(H,23,26)/t16-/m0/s1. The molecule has 1 fully saturated rings. The van der Waals surface area contributed by atoms with Crippen molar-refractivity contribution in [1.82, 2.24) is 9.21 Å². The number of amides is 2. The largest absolute Gasteiger partial charge is 0.479 e. The van der Waals surface area contributed by atoms with Crippen LogP contribution in [-0.2, 0) is 19.6 Å². The molecule has 0 aromatic heterocycles. The van der Waals surface area contributed by atoms with Gasteiger partial charge >= 0.3 is 0 Å². The first-order valence-electron chi connectivity index (χ1n) is 11.1. The summed E-state index contributed by atoms with van der Waals surface area (Å²) >= 11 is 0. The van der Waals surface area contributed by atoms with Crippen molar-refractivity contribution in [2.75, 3.05) is 31.5 Å². The predicted octanol–water partition coefficient (Wildman–Crippen LogP) is 2.76. The summed E-state index contributed by atoms with van der Waals surface area (Å²) in [6, 6.07) is 3.13. The highest BCUT2D eigenvalue weighted by Gasteiger charge is 2.35. The van der Waals surface area contributed by atoms with Crippen molar-refractivity contribution in [3.8, 4) is 5.75 Å². The molecule has 172 valence electrons. The molecule has 2 aliphatic heterocycles. The summed E-state index contributed by atoms with van der Waals surface area (Å²) in [5.74, 6) is 0.114. The minimum absolute atomic E-state index is 0.131. The fourth-order valence-corrected chi connectivity index (χ4v) is 5.92. The van der Waals surface area contributed by atoms with Gasteiger partial charge in [0.2, 0.25) is 15.9 Å². The summed E-state index contributed by atoms with van der Waals surface area (Å²) in [7, 11) is -3.73. The first-order chi connectivity index (χ1) is 14.7. The first-order valence-corrected chi connectivity index (χ1v) is 12.5. The van der Waals surface area contributed by atoms with Gasteiger partial charge in [-0.25, -0.2) is 8.42 Å². The van der Waals surface area contributed by atoms with Crippen LogP contribution in [0.15, 0.2) is 17.0 Å². The van der Waals surface area contributed by atoms with E-state index in [1.54, 1.807) is 19.9 Å². The predicted molar refractivity (Wildman–Crippen MR) is 119 cm³/mol. The van der Waals surface area contributed by atoms with Crippen molar-refractivity contribution in [1.29, 1.82) is 0 Å². The van der Waals surface area contributed by atoms with Crippen LogP contribution < -0.4 is 10.1 Å². The fraction of sp³-hybridized carbons (Fsp3) is 0.636. The van der Waals surface area contributed by atoms with Gasteiger partial charge in [0.05, 0.1) is 10.6 Å². The lowest BCUT2D eigenvalue weighted by atomic mass is 9.96. The quantitative estimate of drug-likeness (QED) is 0.688. The van der Waals surface area contributed by atoms with Crippen LogP contribution >= 0.6 is 0 Å². The molecular weight excluding hydrogens is 418 g/mol. The third-order valence-electron chi connectivity index (χ3n) is 5.93. The van der Waals surface area contributed by atoms with Crippen molar-refractivity contribution < 1.29 is 22.7 Å². The molecule has 2 heterocycles. The average molecular weight is 452 g/mol. The van der Waals surface area contributed by atoms with E-state index in [1.165, 1.54) is 10.4 Å². The zero-order valence-electron chi connectivity index (χ0n) is 18.8. The molecule has 9 heteroatoms. The zero-order chi connectivity index (χ0) is 22.8. The van der Waals surface area contributed by atoms with Gasteiger partial charge in [-0.2, -0.15) is 4.31 Å². The first kappa shape index (κ1) is 23.5. The van der Waals surface area contributed by atoms with Crippen molar-refractivity contribution in [3.63, 3.8) is 0 Å². The topological polar surface area (TPSA) is 96.0 Å². The molecule has 1 aromatic rings. The summed E-state index contributed by atoms with van der Waals surface area (Å²) in [4.78, 5) is 26.8. The van der Waals surface area contributed by atoms with Crippen molar-refractivity contribution in [2.24, 2.45) is 5.92 Å². The Kier molecular flexibility index (Phi) is 7.26. The molecule has 1 aromatic carbocycles. The van der Waals surface area contributed by atoms with Crippen LogP contribution in [0, 0.1) is 12.8 Å². The Morgan fingerprint density at radius 1 is 1.19 bits per heavy atom. The summed E-state index contributed by atoms with van der Waals surface area (Å²) in [6.07, 6.45) is 2.20. The number of aryl methyl sites for hydroxylation is 1. The van der Waals surface area contributed by atoms with E-state index < -0.39 is 16.1 Å². The monoisotopic (exact) mass is 451 g/mol. The molecule has 0 aliphatic carbocycles. The van der Waals surface area contributed by atoms with E-state index in [0.29, 0.717) is 42.9 Å². The lowest BCUT2D eigenvalue weighted by Crippen LogP contribution is -2.45. The number of nitrogens with one attached hydrogen (secondary N) is 1. The molecule has 31 heavy (non-hydrogen) atoms. The van der Waals surface area contributed by atoms with Gasteiger partial charge in [0.1, 0.15) is 5.75 Å². The fourth-order valence-electron chi connectivity index (χ4n) is 4.23. The van der Waals surface area contributed by atoms with Gasteiger partial charge in [-0.15, -0.1) is 0 Å². The molecular formula is C22H33N3O5S. The van der Waals surface area contributed by atoms with E-state index in [2.05, 4.69) is 19.2 Å². The van der Waals surface area contributed by atoms with Crippen LogP contribution in [0.2, 0.25) is 0 Å². The Morgan fingerprint density at radius 3 is 2.39 bits per heavy atom. The van der Waals surface area contributed by atoms with Gasteiger partial charge in [-0.3, -0.25) is 9.59 Å². The van der Waals surface area contributed by atoms with Crippen molar-refractivity contribution in [3.05, 3.63) is 17.7 Å². The van der Waals surface area contributed by atoms with Gasteiger partial charge in [0, 0.05) is 38.2 Å². The molecule has 0 unspecified atom stereocenters. The van der Waals surface area contributed by atoms with Gasteiger partial charge in [0.15, 0.2) is 6.10 Å². The van der Waals surface area contributed by atoms with E-state index in [-0.39, 0.29) is 22.6 Å². The maximum absolute atomic E-state index is 13.3. The van der Waals surface area contributed by atoms with Gasteiger partial charge in [-0.05, 0) is 51.2 Å². The molecule has 1 N–H and O–H groups in total. The summed E-state index contributed by atoms with van der Waals surface area (Å²) in [6.45, 7) is 9.56. The molecule has 0 saturated carbocycles. The second-order valence-corrected chi connectivity index (χ2v) is 10.3. The highest BCUT2D eigenvalue weighted by molar-refractivity contribution is 7.89. The lowest BCUT2D eigenvalue weighted by Gasteiger charge is -2.34. The van der Waals surface area contributed by atoms with Crippen LogP contribution in [0.5, 0.6) is 5.75 Å². The molecule has 8 nitrogen and oxygen atoms in total. The smallest absolute Gasteiger partial charge is 0.265 e. The molecule has 3 rings (SSSR count). The highest BCUT2D eigenvalue weighted by atomic mass is 32.2. The van der Waals surface area contributed by atoms with Crippen LogP contribution in [0.4, 0.5) is 5.69 Å². The average Bonchev–Trinajstić information content (AvgIpc) is 2.74. The van der Waals surface area contributed by atoms with Crippen LogP contribution in [-0.4, -0.2) is 61.7 Å². The minimum Gasteiger partial charge on any atom is -0.479 e. The van der Waals surface area contributed by atoms with Gasteiger partial charge in [0.25, 0.3) is 5.91 Å². The Balaban J connectivity index is 1.74. The number of hydrogen-bond acceptors (Lipinski definition) is 5. The van der Waals surface area contributed by atoms with Crippen molar-refractivity contribution >= 4 is 27.5 Å². The van der Waals surface area contributed by atoms with E-state index in [1.807, 2.05) is 4.90 Å². The number of piperidine rings is 1. The number of sulfonamides is 1. The van der Waals surface area contributed by atoms with Crippen LogP contribution in [0.3, 0.4) is 0 Å². The summed E-state index contributed by atoms with van der Waals surface area (Å²) in [5.41, 5.74) is 1.03. The summed E-state index contributed by atoms with van der Waals surface area (Å²) < 4.78 is 33.7. The van der Waals surface area contributed by atoms with E-state index in [4.69, 9.17) is 4.74 Å². The Labute approximate surface area is 185 Å². The third kappa shape index (κ3) is 4.87. The molecule has 1 saturated heterocycles. The van der Waals surface area contributed by atoms with E-state index in [0.717, 1.165) is 25.9 Å². The van der Waals surface area contributed by atoms with E-state index in [9.17, 15) is 18.0 Å². The molecule has 2 amide bonds. The number of hydrogen-bond donors (Lipinski definition) is 1. The molecule has 1 atom stereocenters. The number of carbonyl (C=O) groups excluding carboxylic acids is 2. The molecule has 0 bridgehead atoms. The van der Waals surface area contributed by atoms with E-state index >= 15 is 0 Å². The molecule has 0 radical (unpaired) electrons. The van der Waals surface area contributed by atoms with Gasteiger partial charge < -0.3 is 15.0 Å². The number of nitrogens with zero attached hydrogens (tertiary/aromatic N) is 2. The Bertz CT molecular complexity index is 933. The van der Waals surface area contributed by atoms with Crippen LogP contribution in [0.1, 0.15) is 52.0 Å². The lowest BCUT2D eigenvalue weighted by molar-refractivity contribution is -0.136. The zero-order valence-corrected chi connectivity index (χ0v) is 19.6. The number of ether oxygens (including phenoxy) is 1. The molecule has 0 spiro atoms. The minimum atomic E-state index is -3.73. The van der Waals surface area contributed by atoms with Crippen molar-refractivity contribution in [2.45, 2.75) is 64.4 Å². The maximum Gasteiger partial charge on any atom is 0.265 e. The number of anilines is 1. The SMILES string of the molecule is CCCN(CCC)C(=O)C1CCN(S(=O)(=O)c2cc3c(cc2C)NC(=O)[C@H](C)O3)CC1. The Hall–Kier alpha value is -2.13. The highest BCUT2D eigenvalue weighted by Crippen LogP contribution is 2.36. The second kappa shape index (κ2) is 9.56. The van der Waals surface area contributed by atoms with Gasteiger partial charge in [-0.1, -0.05) is 13.8 Å².